The van der Waals surface area contributed by atoms with Crippen LogP contribution in [0.15, 0.2) is 48.5 Å². The van der Waals surface area contributed by atoms with Gasteiger partial charge in [-0.15, -0.1) is 0 Å². The summed E-state index contributed by atoms with van der Waals surface area (Å²) in [6.45, 7) is 0. The van der Waals surface area contributed by atoms with E-state index in [2.05, 4.69) is 48.5 Å². The minimum Gasteiger partial charge on any atom is -0.457 e. The predicted octanol–water partition coefficient (Wildman–Crippen LogP) is 6.48. The fraction of sp³-hybridized carbons (Fsp3) is 0.571. The van der Waals surface area contributed by atoms with E-state index in [9.17, 15) is 0 Å². The molecule has 3 heteroatoms. The molecule has 2 heterocycles. The number of epoxide rings is 2. The summed E-state index contributed by atoms with van der Waals surface area (Å²) in [6.07, 6.45) is 14.6. The summed E-state index contributed by atoms with van der Waals surface area (Å²) >= 11 is 0. The molecule has 2 saturated heterocycles. The van der Waals surface area contributed by atoms with Gasteiger partial charge in [0.05, 0.1) is 24.4 Å². The zero-order valence-corrected chi connectivity index (χ0v) is 18.4. The Labute approximate surface area is 186 Å². The van der Waals surface area contributed by atoms with E-state index in [1.807, 2.05) is 0 Å². The van der Waals surface area contributed by atoms with Gasteiger partial charge in [0.2, 0.25) is 0 Å². The summed E-state index contributed by atoms with van der Waals surface area (Å²) in [4.78, 5) is 0. The molecule has 2 aromatic rings. The number of ether oxygens (including phenoxy) is 3. The molecule has 0 amide bonds. The lowest BCUT2D eigenvalue weighted by Gasteiger charge is -2.21. The molecule has 164 valence electrons. The number of hydrogen-bond donors (Lipinski definition) is 0. The topological polar surface area (TPSA) is 34.3 Å². The highest BCUT2D eigenvalue weighted by Gasteiger charge is 2.44. The van der Waals surface area contributed by atoms with Crippen LogP contribution in [-0.4, -0.2) is 24.4 Å². The Hall–Kier alpha value is -1.84. The van der Waals surface area contributed by atoms with E-state index in [-0.39, 0.29) is 0 Å². The van der Waals surface area contributed by atoms with Crippen molar-refractivity contribution in [2.45, 2.75) is 88.6 Å². The van der Waals surface area contributed by atoms with Crippen molar-refractivity contribution < 1.29 is 14.2 Å². The van der Waals surface area contributed by atoms with Crippen molar-refractivity contribution in [1.29, 1.82) is 0 Å². The van der Waals surface area contributed by atoms with E-state index >= 15 is 0 Å². The van der Waals surface area contributed by atoms with Crippen LogP contribution in [0.5, 0.6) is 11.5 Å². The second-order valence-corrected chi connectivity index (χ2v) is 10.2. The Morgan fingerprint density at radius 1 is 0.613 bits per heavy atom. The number of rotatable bonds is 8. The quantitative estimate of drug-likeness (QED) is 0.460. The van der Waals surface area contributed by atoms with Crippen LogP contribution in [0.2, 0.25) is 0 Å². The van der Waals surface area contributed by atoms with Gasteiger partial charge < -0.3 is 14.2 Å². The summed E-state index contributed by atoms with van der Waals surface area (Å²) in [7, 11) is 0. The monoisotopic (exact) mass is 418 g/mol. The van der Waals surface area contributed by atoms with Gasteiger partial charge in [-0.25, -0.2) is 0 Å². The first-order valence-corrected chi connectivity index (χ1v) is 12.5. The van der Waals surface area contributed by atoms with Gasteiger partial charge in [0.1, 0.15) is 11.5 Å². The second-order valence-electron chi connectivity index (χ2n) is 10.2. The third-order valence-corrected chi connectivity index (χ3v) is 8.03. The van der Waals surface area contributed by atoms with Gasteiger partial charge in [0, 0.05) is 0 Å². The van der Waals surface area contributed by atoms with Crippen molar-refractivity contribution in [3.8, 4) is 11.5 Å². The normalized spacial score (nSPS) is 33.3. The lowest BCUT2D eigenvalue weighted by Crippen LogP contribution is -2.14. The average Bonchev–Trinajstić information content (AvgIpc) is 3.72. The first kappa shape index (κ1) is 19.8. The first-order chi connectivity index (χ1) is 15.3. The number of hydrogen-bond acceptors (Lipinski definition) is 3. The van der Waals surface area contributed by atoms with Gasteiger partial charge in [-0.1, -0.05) is 36.4 Å². The van der Waals surface area contributed by atoms with Crippen LogP contribution in [0.4, 0.5) is 0 Å². The van der Waals surface area contributed by atoms with Gasteiger partial charge in [0.25, 0.3) is 0 Å². The highest BCUT2D eigenvalue weighted by Crippen LogP contribution is 2.42. The third-order valence-electron chi connectivity index (χ3n) is 8.03. The molecule has 31 heavy (non-hydrogen) atoms. The molecule has 2 aliphatic carbocycles. The summed E-state index contributed by atoms with van der Waals surface area (Å²) in [5, 5.41) is 0. The van der Waals surface area contributed by atoms with Crippen molar-refractivity contribution in [2.75, 3.05) is 0 Å². The van der Waals surface area contributed by atoms with Crippen LogP contribution in [-0.2, 0) is 22.3 Å². The lowest BCUT2D eigenvalue weighted by atomic mass is 9.85. The molecule has 0 spiro atoms. The summed E-state index contributed by atoms with van der Waals surface area (Å²) < 4.78 is 18.0. The molecule has 2 aliphatic heterocycles. The molecular formula is C28H34O3. The number of benzene rings is 2. The van der Waals surface area contributed by atoms with Gasteiger partial charge in [-0.2, -0.15) is 0 Å². The molecule has 2 aromatic carbocycles. The number of aryl methyl sites for hydroxylation is 2. The van der Waals surface area contributed by atoms with Crippen molar-refractivity contribution in [3.05, 3.63) is 59.7 Å². The molecule has 2 saturated carbocycles. The van der Waals surface area contributed by atoms with Crippen LogP contribution in [0.25, 0.3) is 0 Å². The molecule has 0 bridgehead atoms. The molecular weight excluding hydrogens is 384 g/mol. The standard InChI is InChI=1S/C28H34O3/c1-3-7-23(21(5-1)13-9-19-11-15-25-27(17-19)30-25)29-24-8-4-2-6-22(24)14-10-20-12-16-26-28(18-20)31-26/h1-8,19-20,25-28H,9-18H2. The van der Waals surface area contributed by atoms with E-state index in [1.165, 1.54) is 62.5 Å². The van der Waals surface area contributed by atoms with Crippen LogP contribution >= 0.6 is 0 Å². The second kappa shape index (κ2) is 8.60. The fourth-order valence-corrected chi connectivity index (χ4v) is 5.96. The van der Waals surface area contributed by atoms with Crippen molar-refractivity contribution >= 4 is 0 Å². The van der Waals surface area contributed by atoms with E-state index in [0.717, 1.165) is 36.2 Å². The third kappa shape index (κ3) is 4.68. The van der Waals surface area contributed by atoms with Crippen molar-refractivity contribution in [3.63, 3.8) is 0 Å². The van der Waals surface area contributed by atoms with Gasteiger partial charge in [-0.3, -0.25) is 0 Å². The number of fused-ring (bicyclic) bond motifs is 2. The highest BCUT2D eigenvalue weighted by atomic mass is 16.6. The molecule has 0 radical (unpaired) electrons. The Morgan fingerprint density at radius 2 is 1.10 bits per heavy atom. The summed E-state index contributed by atoms with van der Waals surface area (Å²) in [5.74, 6) is 3.65. The highest BCUT2D eigenvalue weighted by molar-refractivity contribution is 5.41. The smallest absolute Gasteiger partial charge is 0.130 e. The van der Waals surface area contributed by atoms with Crippen LogP contribution in [0.1, 0.15) is 62.5 Å². The Bertz CT molecular complexity index is 835. The molecule has 0 N–H and O–H groups in total. The van der Waals surface area contributed by atoms with Crippen molar-refractivity contribution in [1.82, 2.24) is 0 Å². The van der Waals surface area contributed by atoms with Gasteiger partial charge in [0.15, 0.2) is 0 Å². The lowest BCUT2D eigenvalue weighted by molar-refractivity contribution is 0.350. The molecule has 0 aromatic heterocycles. The fourth-order valence-electron chi connectivity index (χ4n) is 5.96. The minimum atomic E-state index is 0.568. The van der Waals surface area contributed by atoms with E-state index in [0.29, 0.717) is 24.4 Å². The van der Waals surface area contributed by atoms with Gasteiger partial charge in [-0.05, 0) is 99.3 Å². The molecule has 6 unspecified atom stereocenters. The Kier molecular flexibility index (Phi) is 5.49. The van der Waals surface area contributed by atoms with Crippen LogP contribution < -0.4 is 4.74 Å². The SMILES string of the molecule is c1ccc(Oc2ccccc2CCC2CCC3OC3C2)c(CCC2CCC3OC3C2)c1. The largest absolute Gasteiger partial charge is 0.457 e. The zero-order valence-electron chi connectivity index (χ0n) is 18.4. The van der Waals surface area contributed by atoms with Crippen molar-refractivity contribution in [2.24, 2.45) is 11.8 Å². The Balaban J connectivity index is 1.09. The minimum absolute atomic E-state index is 0.568. The number of para-hydroxylation sites is 2. The van der Waals surface area contributed by atoms with E-state index < -0.39 is 0 Å². The molecule has 4 aliphatic rings. The summed E-state index contributed by atoms with van der Waals surface area (Å²) in [5.41, 5.74) is 2.67. The average molecular weight is 419 g/mol. The Morgan fingerprint density at radius 3 is 1.58 bits per heavy atom. The molecule has 3 nitrogen and oxygen atoms in total. The molecule has 6 atom stereocenters. The van der Waals surface area contributed by atoms with E-state index in [1.54, 1.807) is 0 Å². The zero-order chi connectivity index (χ0) is 20.6. The predicted molar refractivity (Wildman–Crippen MR) is 122 cm³/mol. The molecule has 6 rings (SSSR count). The maximum Gasteiger partial charge on any atom is 0.130 e. The maximum absolute atomic E-state index is 6.53. The maximum atomic E-state index is 6.53. The summed E-state index contributed by atoms with van der Waals surface area (Å²) in [6, 6.07) is 17.2. The van der Waals surface area contributed by atoms with Gasteiger partial charge >= 0.3 is 0 Å². The van der Waals surface area contributed by atoms with Crippen LogP contribution in [0.3, 0.4) is 0 Å². The first-order valence-electron chi connectivity index (χ1n) is 12.5. The van der Waals surface area contributed by atoms with E-state index in [4.69, 9.17) is 14.2 Å². The molecule has 4 fully saturated rings. The van der Waals surface area contributed by atoms with Crippen LogP contribution in [0, 0.1) is 11.8 Å².